The molecular formula is C10H18N2O3. The lowest BCUT2D eigenvalue weighted by Crippen LogP contribution is -2.45. The molecule has 0 spiro atoms. The third kappa shape index (κ3) is 2.48. The Morgan fingerprint density at radius 1 is 1.53 bits per heavy atom. The van der Waals surface area contributed by atoms with Crippen molar-refractivity contribution in [2.24, 2.45) is 5.73 Å². The van der Waals surface area contributed by atoms with Crippen LogP contribution in [0.3, 0.4) is 0 Å². The summed E-state index contributed by atoms with van der Waals surface area (Å²) in [5.74, 6) is -0.606. The molecule has 0 bridgehead atoms. The molecule has 0 radical (unpaired) electrons. The molecule has 1 atom stereocenters. The minimum absolute atomic E-state index is 0.0636. The van der Waals surface area contributed by atoms with E-state index in [9.17, 15) is 4.79 Å². The monoisotopic (exact) mass is 214 g/mol. The molecule has 3 N–H and O–H groups in total. The van der Waals surface area contributed by atoms with E-state index in [1.807, 2.05) is 13.8 Å². The minimum atomic E-state index is -0.602. The van der Waals surface area contributed by atoms with Crippen molar-refractivity contribution in [2.45, 2.75) is 44.1 Å². The molecular weight excluding hydrogens is 196 g/mol. The zero-order valence-corrected chi connectivity index (χ0v) is 9.21. The Balaban J connectivity index is 1.73. The van der Waals surface area contributed by atoms with Crippen LogP contribution in [0.4, 0.5) is 0 Å². The Kier molecular flexibility index (Phi) is 2.48. The second kappa shape index (κ2) is 3.43. The normalized spacial score (nSPS) is 31.3. The average molecular weight is 214 g/mol. The van der Waals surface area contributed by atoms with Crippen LogP contribution in [-0.2, 0) is 14.3 Å². The van der Waals surface area contributed by atoms with Crippen LogP contribution in [0.5, 0.6) is 0 Å². The predicted molar refractivity (Wildman–Crippen MR) is 54.1 cm³/mol. The minimum Gasteiger partial charge on any atom is -0.352 e. The summed E-state index contributed by atoms with van der Waals surface area (Å²) in [5.41, 5.74) is 5.14. The summed E-state index contributed by atoms with van der Waals surface area (Å²) in [5, 5.41) is 2.80. The van der Waals surface area contributed by atoms with E-state index < -0.39 is 11.3 Å². The van der Waals surface area contributed by atoms with E-state index in [-0.39, 0.29) is 12.0 Å². The summed E-state index contributed by atoms with van der Waals surface area (Å²) in [7, 11) is 0. The van der Waals surface area contributed by atoms with Crippen molar-refractivity contribution >= 4 is 5.91 Å². The van der Waals surface area contributed by atoms with Crippen LogP contribution in [0.1, 0.15) is 26.7 Å². The summed E-state index contributed by atoms with van der Waals surface area (Å²) < 4.78 is 10.9. The van der Waals surface area contributed by atoms with Gasteiger partial charge in [0, 0.05) is 6.54 Å². The second-order valence-corrected chi connectivity index (χ2v) is 4.82. The molecule has 5 heteroatoms. The third-order valence-electron chi connectivity index (χ3n) is 2.80. The first kappa shape index (κ1) is 10.9. The zero-order valence-electron chi connectivity index (χ0n) is 9.21. The maximum atomic E-state index is 11.5. The van der Waals surface area contributed by atoms with Gasteiger partial charge in [-0.25, -0.2) is 0 Å². The van der Waals surface area contributed by atoms with Crippen LogP contribution in [0.2, 0.25) is 0 Å². The molecule has 2 aliphatic rings. The Bertz CT molecular complexity index is 274. The highest BCUT2D eigenvalue weighted by molar-refractivity contribution is 5.88. The van der Waals surface area contributed by atoms with Gasteiger partial charge in [-0.05, 0) is 26.7 Å². The van der Waals surface area contributed by atoms with E-state index in [2.05, 4.69) is 5.32 Å². The van der Waals surface area contributed by atoms with Gasteiger partial charge in [0.1, 0.15) is 6.10 Å². The van der Waals surface area contributed by atoms with Crippen LogP contribution in [0, 0.1) is 0 Å². The standard InChI is InChI=1S/C10H18N2O3/c1-9(2)14-6-7(15-9)5-12-8(13)10(11)3-4-10/h7H,3-6,11H2,1-2H3,(H,12,13). The van der Waals surface area contributed by atoms with Crippen LogP contribution in [0.15, 0.2) is 0 Å². The Morgan fingerprint density at radius 3 is 2.67 bits per heavy atom. The lowest BCUT2D eigenvalue weighted by Gasteiger charge is -2.17. The van der Waals surface area contributed by atoms with Gasteiger partial charge < -0.3 is 20.5 Å². The topological polar surface area (TPSA) is 73.6 Å². The Hall–Kier alpha value is -0.650. The smallest absolute Gasteiger partial charge is 0.240 e. The second-order valence-electron chi connectivity index (χ2n) is 4.82. The number of carbonyl (C=O) groups excluding carboxylic acids is 1. The molecule has 0 aromatic heterocycles. The highest BCUT2D eigenvalue weighted by Gasteiger charge is 2.46. The molecule has 1 heterocycles. The number of hydrogen-bond donors (Lipinski definition) is 2. The first-order valence-electron chi connectivity index (χ1n) is 5.30. The van der Waals surface area contributed by atoms with Crippen LogP contribution in [0.25, 0.3) is 0 Å². The van der Waals surface area contributed by atoms with Gasteiger partial charge in [-0.2, -0.15) is 0 Å². The number of nitrogens with one attached hydrogen (secondary N) is 1. The van der Waals surface area contributed by atoms with Crippen molar-refractivity contribution in [3.63, 3.8) is 0 Å². The summed E-state index contributed by atoms with van der Waals surface area (Å²) in [6, 6.07) is 0. The fourth-order valence-corrected chi connectivity index (χ4v) is 1.61. The van der Waals surface area contributed by atoms with E-state index >= 15 is 0 Å². The van der Waals surface area contributed by atoms with E-state index in [1.165, 1.54) is 0 Å². The van der Waals surface area contributed by atoms with E-state index in [0.29, 0.717) is 13.2 Å². The van der Waals surface area contributed by atoms with E-state index in [1.54, 1.807) is 0 Å². The molecule has 5 nitrogen and oxygen atoms in total. The first-order valence-corrected chi connectivity index (χ1v) is 5.30. The van der Waals surface area contributed by atoms with Crippen molar-refractivity contribution < 1.29 is 14.3 Å². The molecule has 86 valence electrons. The lowest BCUT2D eigenvalue weighted by atomic mass is 10.2. The van der Waals surface area contributed by atoms with Gasteiger partial charge in [0.15, 0.2) is 5.79 Å². The van der Waals surface area contributed by atoms with E-state index in [0.717, 1.165) is 12.8 Å². The fraction of sp³-hybridized carbons (Fsp3) is 0.900. The number of carbonyl (C=O) groups is 1. The predicted octanol–water partition coefficient (Wildman–Crippen LogP) is -0.255. The molecule has 1 unspecified atom stereocenters. The van der Waals surface area contributed by atoms with Gasteiger partial charge in [0.05, 0.1) is 12.1 Å². The molecule has 1 aliphatic heterocycles. The maximum absolute atomic E-state index is 11.5. The molecule has 1 aliphatic carbocycles. The first-order chi connectivity index (χ1) is 6.91. The van der Waals surface area contributed by atoms with Gasteiger partial charge in [-0.3, -0.25) is 4.79 Å². The molecule has 15 heavy (non-hydrogen) atoms. The largest absolute Gasteiger partial charge is 0.352 e. The highest BCUT2D eigenvalue weighted by Crippen LogP contribution is 2.32. The average Bonchev–Trinajstić information content (AvgIpc) is 2.80. The molecule has 2 rings (SSSR count). The zero-order chi connectivity index (χ0) is 11.1. The van der Waals surface area contributed by atoms with Gasteiger partial charge in [-0.1, -0.05) is 0 Å². The lowest BCUT2D eigenvalue weighted by molar-refractivity contribution is -0.139. The highest BCUT2D eigenvalue weighted by atomic mass is 16.7. The molecule has 1 saturated heterocycles. The molecule has 1 amide bonds. The number of amides is 1. The Labute approximate surface area is 89.3 Å². The molecule has 2 fully saturated rings. The summed E-state index contributed by atoms with van der Waals surface area (Å²) >= 11 is 0. The molecule has 0 aromatic rings. The molecule has 0 aromatic carbocycles. The number of rotatable bonds is 3. The van der Waals surface area contributed by atoms with Crippen molar-refractivity contribution in [1.29, 1.82) is 0 Å². The fourth-order valence-electron chi connectivity index (χ4n) is 1.61. The summed E-state index contributed by atoms with van der Waals surface area (Å²) in [6.07, 6.45) is 1.50. The number of ether oxygens (including phenoxy) is 2. The molecule has 1 saturated carbocycles. The third-order valence-corrected chi connectivity index (χ3v) is 2.80. The summed E-state index contributed by atoms with van der Waals surface area (Å²) in [4.78, 5) is 11.5. The van der Waals surface area contributed by atoms with Gasteiger partial charge >= 0.3 is 0 Å². The number of nitrogens with two attached hydrogens (primary N) is 1. The Morgan fingerprint density at radius 2 is 2.20 bits per heavy atom. The van der Waals surface area contributed by atoms with Gasteiger partial charge in [0.25, 0.3) is 0 Å². The van der Waals surface area contributed by atoms with Crippen LogP contribution in [-0.4, -0.2) is 36.5 Å². The summed E-state index contributed by atoms with van der Waals surface area (Å²) in [6.45, 7) is 4.71. The van der Waals surface area contributed by atoms with Crippen molar-refractivity contribution in [1.82, 2.24) is 5.32 Å². The number of hydrogen-bond acceptors (Lipinski definition) is 4. The van der Waals surface area contributed by atoms with Gasteiger partial charge in [0.2, 0.25) is 5.91 Å². The van der Waals surface area contributed by atoms with Crippen molar-refractivity contribution in [3.05, 3.63) is 0 Å². The SMILES string of the molecule is CC1(C)OCC(CNC(=O)C2(N)CC2)O1. The maximum Gasteiger partial charge on any atom is 0.240 e. The van der Waals surface area contributed by atoms with Crippen LogP contribution >= 0.6 is 0 Å². The van der Waals surface area contributed by atoms with Crippen molar-refractivity contribution in [3.8, 4) is 0 Å². The quantitative estimate of drug-likeness (QED) is 0.679. The van der Waals surface area contributed by atoms with E-state index in [4.69, 9.17) is 15.2 Å². The van der Waals surface area contributed by atoms with Crippen molar-refractivity contribution in [2.75, 3.05) is 13.2 Å². The van der Waals surface area contributed by atoms with Crippen LogP contribution < -0.4 is 11.1 Å². The van der Waals surface area contributed by atoms with Gasteiger partial charge in [-0.15, -0.1) is 0 Å².